The predicted octanol–water partition coefficient (Wildman–Crippen LogP) is 4.65. The van der Waals surface area contributed by atoms with Crippen molar-refractivity contribution in [2.75, 3.05) is 0 Å². The summed E-state index contributed by atoms with van der Waals surface area (Å²) in [6.45, 7) is 1.95. The largest absolute Gasteiger partial charge is 0.573 e. The summed E-state index contributed by atoms with van der Waals surface area (Å²) in [6.07, 6.45) is -3.37. The molecule has 0 aliphatic carbocycles. The van der Waals surface area contributed by atoms with Gasteiger partial charge in [0.15, 0.2) is 0 Å². The number of rotatable bonds is 4. The summed E-state index contributed by atoms with van der Waals surface area (Å²) >= 11 is 5.91. The number of aromatic nitrogens is 2. The molecule has 0 fully saturated rings. The second-order valence-electron chi connectivity index (χ2n) is 4.29. The molecule has 1 heterocycles. The lowest BCUT2D eigenvalue weighted by Crippen LogP contribution is -2.17. The van der Waals surface area contributed by atoms with Gasteiger partial charge in [-0.05, 0) is 18.6 Å². The molecule has 3 nitrogen and oxygen atoms in total. The van der Waals surface area contributed by atoms with Crippen LogP contribution in [0.3, 0.4) is 0 Å². The monoisotopic (exact) mass is 316 g/mol. The van der Waals surface area contributed by atoms with Crippen LogP contribution in [-0.4, -0.2) is 16.3 Å². The fourth-order valence-electron chi connectivity index (χ4n) is 1.83. The zero-order chi connectivity index (χ0) is 15.5. The summed E-state index contributed by atoms with van der Waals surface area (Å²) < 4.78 is 41.3. The molecule has 0 N–H and O–H groups in total. The number of nitrogens with zero attached hydrogens (tertiary/aromatic N) is 2. The third-order valence-corrected chi connectivity index (χ3v) is 2.80. The van der Waals surface area contributed by atoms with Crippen LogP contribution in [0.15, 0.2) is 30.3 Å². The minimum absolute atomic E-state index is 0.185. The average molecular weight is 317 g/mol. The summed E-state index contributed by atoms with van der Waals surface area (Å²) in [5.41, 5.74) is 0.523. The highest BCUT2D eigenvalue weighted by Gasteiger charge is 2.32. The highest BCUT2D eigenvalue weighted by Crippen LogP contribution is 2.33. The van der Waals surface area contributed by atoms with Gasteiger partial charge in [0, 0.05) is 18.1 Å². The molecule has 1 aromatic carbocycles. The van der Waals surface area contributed by atoms with Gasteiger partial charge in [0.1, 0.15) is 16.7 Å². The Bertz CT molecular complexity index is 632. The number of hydrogen-bond donors (Lipinski definition) is 0. The predicted molar refractivity (Wildman–Crippen MR) is 73.2 cm³/mol. The molecule has 0 aliphatic rings. The van der Waals surface area contributed by atoms with Crippen LogP contribution in [0, 0.1) is 0 Å². The molecule has 0 unspecified atom stereocenters. The quantitative estimate of drug-likeness (QED) is 0.770. The van der Waals surface area contributed by atoms with E-state index in [-0.39, 0.29) is 16.5 Å². The first-order chi connectivity index (χ1) is 9.89. The van der Waals surface area contributed by atoms with E-state index in [1.54, 1.807) is 6.07 Å². The molecule has 2 aromatic rings. The van der Waals surface area contributed by atoms with Crippen LogP contribution in [0.1, 0.15) is 19.2 Å². The van der Waals surface area contributed by atoms with Gasteiger partial charge in [0.05, 0.1) is 5.69 Å². The summed E-state index contributed by atoms with van der Waals surface area (Å²) in [4.78, 5) is 8.29. The summed E-state index contributed by atoms with van der Waals surface area (Å²) in [5.74, 6) is 0.170. The first-order valence-electron chi connectivity index (χ1n) is 6.27. The van der Waals surface area contributed by atoms with E-state index < -0.39 is 6.36 Å². The van der Waals surface area contributed by atoms with Crippen LogP contribution in [0.2, 0.25) is 5.15 Å². The smallest absolute Gasteiger partial charge is 0.405 e. The Kier molecular flexibility index (Phi) is 4.67. The SMILES string of the molecule is CCCc1nc(Cl)cc(-c2ccccc2OC(F)(F)F)n1. The first kappa shape index (κ1) is 15.6. The van der Waals surface area contributed by atoms with Gasteiger partial charge in [-0.1, -0.05) is 30.7 Å². The third-order valence-electron chi connectivity index (χ3n) is 2.60. The first-order valence-corrected chi connectivity index (χ1v) is 6.65. The lowest BCUT2D eigenvalue weighted by Gasteiger charge is -2.13. The van der Waals surface area contributed by atoms with Crippen LogP contribution in [0.4, 0.5) is 13.2 Å². The van der Waals surface area contributed by atoms with Crippen molar-refractivity contribution in [1.29, 1.82) is 0 Å². The highest BCUT2D eigenvalue weighted by atomic mass is 35.5. The van der Waals surface area contributed by atoms with Crippen molar-refractivity contribution in [3.63, 3.8) is 0 Å². The molecule has 0 radical (unpaired) electrons. The summed E-state index contributed by atoms with van der Waals surface area (Å²) in [5, 5.41) is 0.185. The second kappa shape index (κ2) is 6.30. The van der Waals surface area contributed by atoms with E-state index in [1.807, 2.05) is 6.92 Å². The van der Waals surface area contributed by atoms with Gasteiger partial charge in [-0.15, -0.1) is 13.2 Å². The molecule has 0 atom stereocenters. The fraction of sp³-hybridized carbons (Fsp3) is 0.286. The Morgan fingerprint density at radius 1 is 1.19 bits per heavy atom. The van der Waals surface area contributed by atoms with Crippen LogP contribution in [0.5, 0.6) is 5.75 Å². The molecule has 0 bridgehead atoms. The van der Waals surface area contributed by atoms with E-state index in [2.05, 4.69) is 14.7 Å². The zero-order valence-corrected chi connectivity index (χ0v) is 11.9. The fourth-order valence-corrected chi connectivity index (χ4v) is 2.03. The van der Waals surface area contributed by atoms with Crippen LogP contribution in [-0.2, 0) is 6.42 Å². The Morgan fingerprint density at radius 3 is 2.57 bits per heavy atom. The minimum Gasteiger partial charge on any atom is -0.405 e. The molecule has 0 amide bonds. The molecule has 2 rings (SSSR count). The maximum absolute atomic E-state index is 12.4. The molecule has 0 saturated heterocycles. The summed E-state index contributed by atoms with van der Waals surface area (Å²) in [7, 11) is 0. The highest BCUT2D eigenvalue weighted by molar-refractivity contribution is 6.29. The number of ether oxygens (including phenoxy) is 1. The van der Waals surface area contributed by atoms with Gasteiger partial charge in [-0.2, -0.15) is 0 Å². The zero-order valence-electron chi connectivity index (χ0n) is 11.1. The number of benzene rings is 1. The van der Waals surface area contributed by atoms with E-state index in [1.165, 1.54) is 24.3 Å². The van der Waals surface area contributed by atoms with E-state index in [4.69, 9.17) is 11.6 Å². The lowest BCUT2D eigenvalue weighted by molar-refractivity contribution is -0.274. The lowest BCUT2D eigenvalue weighted by atomic mass is 10.1. The average Bonchev–Trinajstić information content (AvgIpc) is 2.37. The standard InChI is InChI=1S/C14H12ClF3N2O/c1-2-5-13-19-10(8-12(15)20-13)9-6-3-4-7-11(9)21-14(16,17)18/h3-4,6-8H,2,5H2,1H3. The molecule has 0 aliphatic heterocycles. The molecular weight excluding hydrogens is 305 g/mol. The second-order valence-corrected chi connectivity index (χ2v) is 4.67. The van der Waals surface area contributed by atoms with E-state index in [9.17, 15) is 13.2 Å². The molecule has 1 aromatic heterocycles. The van der Waals surface area contributed by atoms with Crippen molar-refractivity contribution < 1.29 is 17.9 Å². The van der Waals surface area contributed by atoms with E-state index in [0.717, 1.165) is 6.42 Å². The van der Waals surface area contributed by atoms with E-state index >= 15 is 0 Å². The number of hydrogen-bond acceptors (Lipinski definition) is 3. The molecule has 112 valence electrons. The number of alkyl halides is 3. The molecule has 7 heteroatoms. The Hall–Kier alpha value is -1.82. The van der Waals surface area contributed by atoms with Gasteiger partial charge in [-0.25, -0.2) is 9.97 Å². The molecular formula is C14H12ClF3N2O. The van der Waals surface area contributed by atoms with Crippen LogP contribution < -0.4 is 4.74 Å². The number of halogens is 4. The van der Waals surface area contributed by atoms with Crippen molar-refractivity contribution in [1.82, 2.24) is 9.97 Å². The Balaban J connectivity index is 2.46. The molecule has 0 saturated carbocycles. The van der Waals surface area contributed by atoms with Gasteiger partial charge in [-0.3, -0.25) is 0 Å². The van der Waals surface area contributed by atoms with Crippen LogP contribution in [0.25, 0.3) is 11.3 Å². The van der Waals surface area contributed by atoms with Crippen molar-refractivity contribution >= 4 is 11.6 Å². The van der Waals surface area contributed by atoms with Crippen LogP contribution >= 0.6 is 11.6 Å². The van der Waals surface area contributed by atoms with E-state index in [0.29, 0.717) is 17.9 Å². The van der Waals surface area contributed by atoms with Crippen molar-refractivity contribution in [3.05, 3.63) is 41.3 Å². The summed E-state index contributed by atoms with van der Waals surface area (Å²) in [6, 6.07) is 7.21. The van der Waals surface area contributed by atoms with Gasteiger partial charge in [0.25, 0.3) is 0 Å². The van der Waals surface area contributed by atoms with Gasteiger partial charge >= 0.3 is 6.36 Å². The third kappa shape index (κ3) is 4.32. The Morgan fingerprint density at radius 2 is 1.90 bits per heavy atom. The molecule has 0 spiro atoms. The maximum Gasteiger partial charge on any atom is 0.573 e. The number of para-hydroxylation sites is 1. The van der Waals surface area contributed by atoms with Gasteiger partial charge < -0.3 is 4.74 Å². The van der Waals surface area contributed by atoms with Crippen molar-refractivity contribution in [2.45, 2.75) is 26.1 Å². The number of aryl methyl sites for hydroxylation is 1. The topological polar surface area (TPSA) is 35.0 Å². The Labute approximate surface area is 124 Å². The van der Waals surface area contributed by atoms with Crippen molar-refractivity contribution in [3.8, 4) is 17.0 Å². The normalized spacial score (nSPS) is 11.5. The maximum atomic E-state index is 12.4. The van der Waals surface area contributed by atoms with Gasteiger partial charge in [0.2, 0.25) is 0 Å². The van der Waals surface area contributed by atoms with Crippen molar-refractivity contribution in [2.24, 2.45) is 0 Å². The molecule has 21 heavy (non-hydrogen) atoms. The minimum atomic E-state index is -4.76.